The third-order valence-electron chi connectivity index (χ3n) is 2.84. The molecule has 0 amide bonds. The van der Waals surface area contributed by atoms with Crippen LogP contribution in [0.1, 0.15) is 11.1 Å². The van der Waals surface area contributed by atoms with Gasteiger partial charge < -0.3 is 5.32 Å². The molecule has 0 unspecified atom stereocenters. The number of hydrogen-bond donors (Lipinski definition) is 1. The Labute approximate surface area is 107 Å². The molecule has 0 saturated carbocycles. The monoisotopic (exact) mass is 244 g/mol. The first kappa shape index (κ1) is 12.7. The van der Waals surface area contributed by atoms with Gasteiger partial charge >= 0.3 is 0 Å². The zero-order valence-electron chi connectivity index (χ0n) is 10.3. The molecule has 0 spiro atoms. The maximum atomic E-state index is 12.7. The quantitative estimate of drug-likeness (QED) is 0.790. The highest BCUT2D eigenvalue weighted by molar-refractivity contribution is 5.16. The lowest BCUT2D eigenvalue weighted by atomic mass is 10.1. The SMILES string of the molecule is Fc1ccc(CCNCCc2ccncc2)cc1. The summed E-state index contributed by atoms with van der Waals surface area (Å²) in [7, 11) is 0. The van der Waals surface area contributed by atoms with Crippen molar-refractivity contribution >= 4 is 0 Å². The van der Waals surface area contributed by atoms with Gasteiger partial charge in [-0.3, -0.25) is 4.98 Å². The van der Waals surface area contributed by atoms with Crippen molar-refractivity contribution in [2.24, 2.45) is 0 Å². The Morgan fingerprint density at radius 1 is 0.833 bits per heavy atom. The molecule has 0 aliphatic heterocycles. The summed E-state index contributed by atoms with van der Waals surface area (Å²) in [5.41, 5.74) is 2.45. The summed E-state index contributed by atoms with van der Waals surface area (Å²) in [6, 6.07) is 10.7. The largest absolute Gasteiger partial charge is 0.316 e. The molecular weight excluding hydrogens is 227 g/mol. The van der Waals surface area contributed by atoms with Crippen molar-refractivity contribution in [3.8, 4) is 0 Å². The van der Waals surface area contributed by atoms with Gasteiger partial charge in [0.2, 0.25) is 0 Å². The van der Waals surface area contributed by atoms with E-state index in [4.69, 9.17) is 0 Å². The second-order valence-corrected chi connectivity index (χ2v) is 4.23. The predicted molar refractivity (Wildman–Crippen MR) is 70.9 cm³/mol. The Bertz CT molecular complexity index is 454. The number of benzene rings is 1. The van der Waals surface area contributed by atoms with Crippen LogP contribution in [-0.2, 0) is 12.8 Å². The molecule has 2 nitrogen and oxygen atoms in total. The van der Waals surface area contributed by atoms with E-state index in [0.717, 1.165) is 31.5 Å². The molecule has 0 saturated heterocycles. The highest BCUT2D eigenvalue weighted by Gasteiger charge is 1.95. The van der Waals surface area contributed by atoms with Crippen molar-refractivity contribution in [1.29, 1.82) is 0 Å². The fourth-order valence-corrected chi connectivity index (χ4v) is 1.79. The van der Waals surface area contributed by atoms with E-state index in [2.05, 4.69) is 10.3 Å². The highest BCUT2D eigenvalue weighted by Crippen LogP contribution is 2.02. The first-order valence-electron chi connectivity index (χ1n) is 6.18. The Kier molecular flexibility index (Phi) is 4.85. The number of halogens is 1. The minimum Gasteiger partial charge on any atom is -0.316 e. The van der Waals surface area contributed by atoms with Crippen molar-refractivity contribution in [3.05, 3.63) is 65.7 Å². The number of rotatable bonds is 6. The zero-order valence-corrected chi connectivity index (χ0v) is 10.3. The van der Waals surface area contributed by atoms with Crippen LogP contribution in [0.3, 0.4) is 0 Å². The lowest BCUT2D eigenvalue weighted by Gasteiger charge is -2.05. The van der Waals surface area contributed by atoms with Crippen LogP contribution in [0, 0.1) is 5.82 Å². The molecule has 0 atom stereocenters. The van der Waals surface area contributed by atoms with Crippen LogP contribution in [0.25, 0.3) is 0 Å². The first-order valence-corrected chi connectivity index (χ1v) is 6.18. The predicted octanol–water partition coefficient (Wildman–Crippen LogP) is 2.60. The summed E-state index contributed by atoms with van der Waals surface area (Å²) < 4.78 is 12.7. The smallest absolute Gasteiger partial charge is 0.123 e. The van der Waals surface area contributed by atoms with Crippen molar-refractivity contribution < 1.29 is 4.39 Å². The molecule has 1 N–H and O–H groups in total. The lowest BCUT2D eigenvalue weighted by Crippen LogP contribution is -2.20. The third-order valence-corrected chi connectivity index (χ3v) is 2.84. The van der Waals surface area contributed by atoms with Gasteiger partial charge in [0.25, 0.3) is 0 Å². The van der Waals surface area contributed by atoms with E-state index in [0.29, 0.717) is 0 Å². The van der Waals surface area contributed by atoms with Gasteiger partial charge in [-0.05, 0) is 61.3 Å². The normalized spacial score (nSPS) is 10.5. The summed E-state index contributed by atoms with van der Waals surface area (Å²) in [5, 5.41) is 3.38. The summed E-state index contributed by atoms with van der Waals surface area (Å²) >= 11 is 0. The second-order valence-electron chi connectivity index (χ2n) is 4.23. The summed E-state index contributed by atoms with van der Waals surface area (Å²) in [4.78, 5) is 3.99. The van der Waals surface area contributed by atoms with Gasteiger partial charge in [0.05, 0.1) is 0 Å². The highest BCUT2D eigenvalue weighted by atomic mass is 19.1. The van der Waals surface area contributed by atoms with E-state index in [1.807, 2.05) is 36.7 Å². The van der Waals surface area contributed by atoms with E-state index < -0.39 is 0 Å². The van der Waals surface area contributed by atoms with Gasteiger partial charge in [0.15, 0.2) is 0 Å². The molecule has 1 aromatic heterocycles. The minimum atomic E-state index is -0.176. The Morgan fingerprint density at radius 3 is 2.00 bits per heavy atom. The van der Waals surface area contributed by atoms with Crippen LogP contribution >= 0.6 is 0 Å². The number of aromatic nitrogens is 1. The van der Waals surface area contributed by atoms with E-state index in [1.165, 1.54) is 17.7 Å². The fraction of sp³-hybridized carbons (Fsp3) is 0.267. The molecule has 0 aliphatic carbocycles. The number of nitrogens with zero attached hydrogens (tertiary/aromatic N) is 1. The molecular formula is C15H17FN2. The Balaban J connectivity index is 1.63. The van der Waals surface area contributed by atoms with Crippen LogP contribution in [0.15, 0.2) is 48.8 Å². The van der Waals surface area contributed by atoms with Gasteiger partial charge in [-0.15, -0.1) is 0 Å². The molecule has 1 heterocycles. The lowest BCUT2D eigenvalue weighted by molar-refractivity contribution is 0.626. The number of pyridine rings is 1. The molecule has 0 radical (unpaired) electrons. The molecule has 1 aromatic carbocycles. The Hall–Kier alpha value is -1.74. The second kappa shape index (κ2) is 6.87. The van der Waals surface area contributed by atoms with Crippen LogP contribution in [0.4, 0.5) is 4.39 Å². The van der Waals surface area contributed by atoms with Crippen molar-refractivity contribution in [3.63, 3.8) is 0 Å². The molecule has 0 fully saturated rings. The summed E-state index contributed by atoms with van der Waals surface area (Å²) in [6.07, 6.45) is 5.56. The topological polar surface area (TPSA) is 24.9 Å². The van der Waals surface area contributed by atoms with E-state index in [1.54, 1.807) is 0 Å². The molecule has 0 bridgehead atoms. The molecule has 0 aliphatic rings. The van der Waals surface area contributed by atoms with Crippen molar-refractivity contribution in [2.75, 3.05) is 13.1 Å². The average Bonchev–Trinajstić information content (AvgIpc) is 2.42. The van der Waals surface area contributed by atoms with Gasteiger partial charge in [-0.1, -0.05) is 12.1 Å². The van der Waals surface area contributed by atoms with Crippen LogP contribution in [0.2, 0.25) is 0 Å². The van der Waals surface area contributed by atoms with Crippen molar-refractivity contribution in [2.45, 2.75) is 12.8 Å². The van der Waals surface area contributed by atoms with Crippen LogP contribution in [0.5, 0.6) is 0 Å². The minimum absolute atomic E-state index is 0.176. The maximum absolute atomic E-state index is 12.7. The Morgan fingerprint density at radius 2 is 1.39 bits per heavy atom. The van der Waals surface area contributed by atoms with Crippen LogP contribution in [-0.4, -0.2) is 18.1 Å². The van der Waals surface area contributed by atoms with Gasteiger partial charge in [0, 0.05) is 12.4 Å². The molecule has 94 valence electrons. The average molecular weight is 244 g/mol. The van der Waals surface area contributed by atoms with E-state index in [-0.39, 0.29) is 5.82 Å². The molecule has 2 rings (SSSR count). The number of nitrogens with one attached hydrogen (secondary N) is 1. The molecule has 2 aromatic rings. The van der Waals surface area contributed by atoms with Gasteiger partial charge in [0.1, 0.15) is 5.82 Å². The van der Waals surface area contributed by atoms with E-state index >= 15 is 0 Å². The molecule has 3 heteroatoms. The van der Waals surface area contributed by atoms with Crippen LogP contribution < -0.4 is 5.32 Å². The standard InChI is InChI=1S/C15H17FN2/c16-15-3-1-13(2-4-15)5-9-17-10-6-14-7-11-18-12-8-14/h1-4,7-8,11-12,17H,5-6,9-10H2. The van der Waals surface area contributed by atoms with Crippen molar-refractivity contribution in [1.82, 2.24) is 10.3 Å². The summed E-state index contributed by atoms with van der Waals surface area (Å²) in [6.45, 7) is 1.86. The zero-order chi connectivity index (χ0) is 12.6. The fourth-order valence-electron chi connectivity index (χ4n) is 1.79. The van der Waals surface area contributed by atoms with Gasteiger partial charge in [-0.2, -0.15) is 0 Å². The van der Waals surface area contributed by atoms with E-state index in [9.17, 15) is 4.39 Å². The molecule has 18 heavy (non-hydrogen) atoms. The number of hydrogen-bond acceptors (Lipinski definition) is 2. The van der Waals surface area contributed by atoms with Gasteiger partial charge in [-0.25, -0.2) is 4.39 Å². The third kappa shape index (κ3) is 4.26. The maximum Gasteiger partial charge on any atom is 0.123 e. The summed E-state index contributed by atoms with van der Waals surface area (Å²) in [5.74, 6) is -0.176. The first-order chi connectivity index (χ1) is 8.84.